The molecule has 1 N–H and O–H groups in total. The van der Waals surface area contributed by atoms with E-state index in [2.05, 4.69) is 15.3 Å². The van der Waals surface area contributed by atoms with Crippen LogP contribution in [0.2, 0.25) is 0 Å². The number of para-hydroxylation sites is 1. The van der Waals surface area contributed by atoms with Crippen molar-refractivity contribution in [1.29, 1.82) is 0 Å². The predicted octanol–water partition coefficient (Wildman–Crippen LogP) is 2.17. The topological polar surface area (TPSA) is 63.6 Å². The Bertz CT molecular complexity index is 690. The van der Waals surface area contributed by atoms with E-state index in [-0.39, 0.29) is 5.97 Å². The van der Waals surface area contributed by atoms with E-state index in [1.54, 1.807) is 6.92 Å². The third kappa shape index (κ3) is 2.54. The van der Waals surface area contributed by atoms with Crippen molar-refractivity contribution in [2.45, 2.75) is 6.92 Å². The summed E-state index contributed by atoms with van der Waals surface area (Å²) >= 11 is 6.29. The predicted molar refractivity (Wildman–Crippen MR) is 82.5 cm³/mol. The molecule has 20 heavy (non-hydrogen) atoms. The highest BCUT2D eigenvalue weighted by Crippen LogP contribution is 2.28. The summed E-state index contributed by atoms with van der Waals surface area (Å²) in [5, 5.41) is 3.65. The Morgan fingerprint density at radius 3 is 3.05 bits per heavy atom. The normalized spacial score (nSPS) is 18.6. The molecule has 102 valence electrons. The molecule has 1 aromatic carbocycles. The summed E-state index contributed by atoms with van der Waals surface area (Å²) < 4.78 is 6.34. The van der Waals surface area contributed by atoms with E-state index >= 15 is 0 Å². The Balaban J connectivity index is 1.79. The van der Waals surface area contributed by atoms with Gasteiger partial charge in [0.05, 0.1) is 10.2 Å². The molecule has 2 heterocycles. The van der Waals surface area contributed by atoms with Gasteiger partial charge in [0.15, 0.2) is 5.11 Å². The van der Waals surface area contributed by atoms with Gasteiger partial charge in [0.1, 0.15) is 5.92 Å². The summed E-state index contributed by atoms with van der Waals surface area (Å²) in [4.78, 5) is 20.5. The van der Waals surface area contributed by atoms with Gasteiger partial charge in [-0.1, -0.05) is 23.5 Å². The third-order valence-electron chi connectivity index (χ3n) is 2.99. The number of hydrogen-bond acceptors (Lipinski definition) is 5. The number of carbonyl (C=O) groups is 1. The molecule has 0 radical (unpaired) electrons. The number of aliphatic imine (C=N–C) groups is 1. The molecule has 3 rings (SSSR count). The number of fused-ring (bicyclic) bond motifs is 1. The van der Waals surface area contributed by atoms with Crippen LogP contribution in [0.3, 0.4) is 0 Å². The lowest BCUT2D eigenvalue weighted by molar-refractivity contribution is -0.136. The molecule has 7 heteroatoms. The van der Waals surface area contributed by atoms with Crippen LogP contribution in [0.25, 0.3) is 10.2 Å². The lowest BCUT2D eigenvalue weighted by Crippen LogP contribution is -2.42. The molecule has 0 amide bonds. The minimum atomic E-state index is -0.422. The summed E-state index contributed by atoms with van der Waals surface area (Å²) in [5.74, 6) is -0.783. The van der Waals surface area contributed by atoms with Crippen LogP contribution in [0.4, 0.5) is 0 Å². The van der Waals surface area contributed by atoms with Crippen molar-refractivity contribution in [2.24, 2.45) is 10.9 Å². The summed E-state index contributed by atoms with van der Waals surface area (Å²) in [6.07, 6.45) is 0. The number of ether oxygens (including phenoxy) is 1. The number of thiocarbonyl (C=S) groups is 1. The SMILES string of the molecule is CC1=NC(=S)NCC1C(=O)Oc1nc2ccccc2s1. The van der Waals surface area contributed by atoms with Crippen LogP contribution in [-0.2, 0) is 4.79 Å². The molecule has 0 spiro atoms. The van der Waals surface area contributed by atoms with Crippen LogP contribution in [0.15, 0.2) is 29.3 Å². The third-order valence-corrected chi connectivity index (χ3v) is 4.14. The zero-order chi connectivity index (χ0) is 14.1. The number of rotatable bonds is 2. The maximum Gasteiger partial charge on any atom is 0.323 e. The van der Waals surface area contributed by atoms with Crippen molar-refractivity contribution in [3.05, 3.63) is 24.3 Å². The molecule has 1 atom stereocenters. The second-order valence-electron chi connectivity index (χ2n) is 4.36. The number of aromatic nitrogens is 1. The average Bonchev–Trinajstić information content (AvgIpc) is 2.80. The molecule has 5 nitrogen and oxygen atoms in total. The standard InChI is InChI=1S/C13H11N3O2S2/c1-7-8(6-14-12(19)15-7)11(17)18-13-16-9-4-2-3-5-10(9)20-13/h2-5,8H,6H2,1H3,(H,14,19). The quantitative estimate of drug-likeness (QED) is 0.680. The fraction of sp³-hybridized carbons (Fsp3) is 0.231. The zero-order valence-corrected chi connectivity index (χ0v) is 12.3. The Labute approximate surface area is 124 Å². The highest BCUT2D eigenvalue weighted by Gasteiger charge is 2.28. The number of nitrogens with one attached hydrogen (secondary N) is 1. The van der Waals surface area contributed by atoms with Crippen LogP contribution >= 0.6 is 23.6 Å². The molecule has 1 aliphatic heterocycles. The lowest BCUT2D eigenvalue weighted by atomic mass is 10.0. The van der Waals surface area contributed by atoms with E-state index in [0.29, 0.717) is 22.6 Å². The molecule has 0 saturated carbocycles. The first-order valence-corrected chi connectivity index (χ1v) is 7.26. The Hall–Kier alpha value is -1.86. The van der Waals surface area contributed by atoms with E-state index in [9.17, 15) is 4.79 Å². The number of esters is 1. The number of hydrogen-bond donors (Lipinski definition) is 1. The fourth-order valence-corrected chi connectivity index (χ4v) is 2.97. The molecule has 0 fully saturated rings. The molecular weight excluding hydrogens is 294 g/mol. The van der Waals surface area contributed by atoms with E-state index in [1.807, 2.05) is 24.3 Å². The van der Waals surface area contributed by atoms with Crippen LogP contribution in [0, 0.1) is 5.92 Å². The maximum absolute atomic E-state index is 12.1. The lowest BCUT2D eigenvalue weighted by Gasteiger charge is -2.20. The minimum absolute atomic E-state index is 0.358. The summed E-state index contributed by atoms with van der Waals surface area (Å²) in [6.45, 7) is 2.19. The van der Waals surface area contributed by atoms with Crippen molar-refractivity contribution in [1.82, 2.24) is 10.3 Å². The van der Waals surface area contributed by atoms with Gasteiger partial charge in [-0.05, 0) is 31.3 Å². The second-order valence-corrected chi connectivity index (χ2v) is 5.74. The average molecular weight is 305 g/mol. The van der Waals surface area contributed by atoms with E-state index in [0.717, 1.165) is 10.2 Å². The van der Waals surface area contributed by atoms with E-state index in [1.165, 1.54) is 11.3 Å². The second kappa shape index (κ2) is 5.26. The van der Waals surface area contributed by atoms with Gasteiger partial charge < -0.3 is 10.1 Å². The Morgan fingerprint density at radius 2 is 2.30 bits per heavy atom. The van der Waals surface area contributed by atoms with Gasteiger partial charge >= 0.3 is 5.97 Å². The Kier molecular flexibility index (Phi) is 3.45. The van der Waals surface area contributed by atoms with Crippen molar-refractivity contribution in [3.63, 3.8) is 0 Å². The van der Waals surface area contributed by atoms with Gasteiger partial charge in [0.25, 0.3) is 5.19 Å². The van der Waals surface area contributed by atoms with Gasteiger partial charge in [-0.2, -0.15) is 0 Å². The highest BCUT2D eigenvalue weighted by atomic mass is 32.1. The van der Waals surface area contributed by atoms with E-state index < -0.39 is 5.92 Å². The molecule has 1 aromatic heterocycles. The van der Waals surface area contributed by atoms with Crippen LogP contribution in [-0.4, -0.2) is 28.3 Å². The number of carbonyl (C=O) groups excluding carboxylic acids is 1. The first-order chi connectivity index (χ1) is 9.63. The van der Waals surface area contributed by atoms with Crippen molar-refractivity contribution in [3.8, 4) is 5.19 Å². The molecule has 2 aromatic rings. The number of nitrogens with zero attached hydrogens (tertiary/aromatic N) is 2. The highest BCUT2D eigenvalue weighted by molar-refractivity contribution is 7.80. The largest absolute Gasteiger partial charge is 0.397 e. The van der Waals surface area contributed by atoms with Gasteiger partial charge in [0, 0.05) is 12.3 Å². The molecule has 1 aliphatic rings. The van der Waals surface area contributed by atoms with Gasteiger partial charge in [0.2, 0.25) is 0 Å². The smallest absolute Gasteiger partial charge is 0.323 e. The summed E-state index contributed by atoms with van der Waals surface area (Å²) in [7, 11) is 0. The van der Waals surface area contributed by atoms with Gasteiger partial charge in [-0.15, -0.1) is 0 Å². The van der Waals surface area contributed by atoms with Crippen molar-refractivity contribution in [2.75, 3.05) is 6.54 Å². The molecule has 0 saturated heterocycles. The number of thiazole rings is 1. The monoisotopic (exact) mass is 305 g/mol. The molecule has 0 bridgehead atoms. The number of benzene rings is 1. The zero-order valence-electron chi connectivity index (χ0n) is 10.6. The summed E-state index contributed by atoms with van der Waals surface area (Å²) in [6, 6.07) is 7.65. The summed E-state index contributed by atoms with van der Waals surface area (Å²) in [5.41, 5.74) is 1.49. The van der Waals surface area contributed by atoms with Gasteiger partial charge in [-0.3, -0.25) is 4.79 Å². The van der Waals surface area contributed by atoms with Crippen LogP contribution < -0.4 is 10.1 Å². The molecule has 0 aliphatic carbocycles. The fourth-order valence-electron chi connectivity index (χ4n) is 1.92. The van der Waals surface area contributed by atoms with Crippen LogP contribution in [0.1, 0.15) is 6.92 Å². The van der Waals surface area contributed by atoms with Crippen LogP contribution in [0.5, 0.6) is 5.19 Å². The maximum atomic E-state index is 12.1. The first kappa shape index (κ1) is 13.1. The van der Waals surface area contributed by atoms with E-state index in [4.69, 9.17) is 17.0 Å². The van der Waals surface area contributed by atoms with Gasteiger partial charge in [-0.25, -0.2) is 9.98 Å². The molecular formula is C13H11N3O2S2. The molecule has 1 unspecified atom stereocenters. The minimum Gasteiger partial charge on any atom is -0.397 e. The Morgan fingerprint density at radius 1 is 1.50 bits per heavy atom. The van der Waals surface area contributed by atoms with Crippen molar-refractivity contribution >= 4 is 50.6 Å². The first-order valence-electron chi connectivity index (χ1n) is 6.04. The van der Waals surface area contributed by atoms with Crippen molar-refractivity contribution < 1.29 is 9.53 Å².